The van der Waals surface area contributed by atoms with Crippen LogP contribution in [0.25, 0.3) is 0 Å². The van der Waals surface area contributed by atoms with E-state index in [0.29, 0.717) is 6.04 Å². The van der Waals surface area contributed by atoms with Crippen molar-refractivity contribution in [3.63, 3.8) is 0 Å². The van der Waals surface area contributed by atoms with Crippen LogP contribution in [0, 0.1) is 0 Å². The van der Waals surface area contributed by atoms with Gasteiger partial charge >= 0.3 is 0 Å². The number of benzene rings is 1. The van der Waals surface area contributed by atoms with Crippen molar-refractivity contribution in [1.29, 1.82) is 0 Å². The largest absolute Gasteiger partial charge is 0.367 e. The van der Waals surface area contributed by atoms with Crippen molar-refractivity contribution in [2.75, 3.05) is 19.0 Å². The highest BCUT2D eigenvalue weighted by molar-refractivity contribution is 7.07. The first-order valence-electron chi connectivity index (χ1n) is 6.16. The molecule has 3 nitrogen and oxygen atoms in total. The molecule has 0 aliphatic carbocycles. The van der Waals surface area contributed by atoms with Gasteiger partial charge in [-0.25, -0.2) is 4.98 Å². The van der Waals surface area contributed by atoms with E-state index in [1.807, 2.05) is 25.7 Å². The molecule has 1 aromatic carbocycles. The number of nitrogens with zero attached hydrogens (tertiary/aromatic N) is 2. The molecule has 1 unspecified atom stereocenters. The third-order valence-corrected chi connectivity index (χ3v) is 4.14. The van der Waals surface area contributed by atoms with Gasteiger partial charge in [0.1, 0.15) is 0 Å². The molecule has 0 aliphatic rings. The Morgan fingerprint density at radius 2 is 2.26 bits per heavy atom. The lowest BCUT2D eigenvalue weighted by atomic mass is 10.1. The summed E-state index contributed by atoms with van der Waals surface area (Å²) in [5, 5.41) is 6.05. The number of hydrogen-bond acceptors (Lipinski definition) is 4. The fourth-order valence-electron chi connectivity index (χ4n) is 1.91. The number of halogens is 1. The molecule has 0 amide bonds. The van der Waals surface area contributed by atoms with Crippen molar-refractivity contribution in [1.82, 2.24) is 10.3 Å². The fraction of sp³-hybridized carbons (Fsp3) is 0.357. The van der Waals surface area contributed by atoms with Gasteiger partial charge in [-0.05, 0) is 31.7 Å². The number of nitrogens with one attached hydrogen (secondary N) is 1. The summed E-state index contributed by atoms with van der Waals surface area (Å²) in [5.41, 5.74) is 5.14. The molecule has 102 valence electrons. The quantitative estimate of drug-likeness (QED) is 0.911. The monoisotopic (exact) mass is 295 g/mol. The maximum absolute atomic E-state index is 6.38. The first-order chi connectivity index (χ1) is 9.11. The van der Waals surface area contributed by atoms with Crippen molar-refractivity contribution in [3.05, 3.63) is 45.4 Å². The van der Waals surface area contributed by atoms with E-state index in [4.69, 9.17) is 11.6 Å². The molecule has 0 bridgehead atoms. The van der Waals surface area contributed by atoms with Crippen LogP contribution in [-0.2, 0) is 6.54 Å². The molecule has 2 aromatic rings. The Labute approximate surface area is 123 Å². The lowest BCUT2D eigenvalue weighted by Crippen LogP contribution is -2.17. The maximum Gasteiger partial charge on any atom is 0.0795 e. The zero-order valence-corrected chi connectivity index (χ0v) is 12.9. The number of thiazole rings is 1. The van der Waals surface area contributed by atoms with Gasteiger partial charge in [0.05, 0.1) is 28.5 Å². The first kappa shape index (κ1) is 14.3. The molecule has 1 atom stereocenters. The number of anilines is 1. The topological polar surface area (TPSA) is 28.2 Å². The minimum atomic E-state index is 0.301. The van der Waals surface area contributed by atoms with Crippen molar-refractivity contribution >= 4 is 28.6 Å². The summed E-state index contributed by atoms with van der Waals surface area (Å²) in [6.07, 6.45) is 0. The summed E-state index contributed by atoms with van der Waals surface area (Å²) >= 11 is 7.99. The van der Waals surface area contributed by atoms with Gasteiger partial charge in [-0.1, -0.05) is 17.7 Å². The van der Waals surface area contributed by atoms with Gasteiger partial charge in [-0.3, -0.25) is 0 Å². The summed E-state index contributed by atoms with van der Waals surface area (Å²) in [5.74, 6) is 0. The Morgan fingerprint density at radius 1 is 1.47 bits per heavy atom. The summed E-state index contributed by atoms with van der Waals surface area (Å²) in [4.78, 5) is 6.41. The molecule has 1 heterocycles. The molecule has 0 fully saturated rings. The standard InChI is InChI=1S/C14H18ClN3S/c1-10(16-2)11-4-5-14(13(15)6-11)18(3)7-12-8-19-9-17-12/h4-6,8-10,16H,7H2,1-3H3. The van der Waals surface area contributed by atoms with Crippen molar-refractivity contribution in [3.8, 4) is 0 Å². The molecule has 0 saturated carbocycles. The predicted molar refractivity (Wildman–Crippen MR) is 83.1 cm³/mol. The molecule has 19 heavy (non-hydrogen) atoms. The van der Waals surface area contributed by atoms with Gasteiger partial charge in [-0.2, -0.15) is 0 Å². The van der Waals surface area contributed by atoms with Crippen molar-refractivity contribution in [2.45, 2.75) is 19.5 Å². The van der Waals surface area contributed by atoms with Gasteiger partial charge in [0.15, 0.2) is 0 Å². The van der Waals surface area contributed by atoms with Crippen LogP contribution in [0.15, 0.2) is 29.1 Å². The minimum Gasteiger partial charge on any atom is -0.367 e. The molecular formula is C14H18ClN3S. The third kappa shape index (κ3) is 3.47. The zero-order chi connectivity index (χ0) is 13.8. The van der Waals surface area contributed by atoms with Crippen LogP contribution >= 0.6 is 22.9 Å². The predicted octanol–water partition coefficient (Wildman–Crippen LogP) is 3.71. The van der Waals surface area contributed by atoms with Gasteiger partial charge in [0.2, 0.25) is 0 Å². The Morgan fingerprint density at radius 3 is 2.84 bits per heavy atom. The number of aromatic nitrogens is 1. The Kier molecular flexibility index (Phi) is 4.80. The van der Waals surface area contributed by atoms with Crippen molar-refractivity contribution in [2.24, 2.45) is 0 Å². The molecule has 1 aromatic heterocycles. The van der Waals surface area contributed by atoms with E-state index >= 15 is 0 Å². The number of rotatable bonds is 5. The fourth-order valence-corrected chi connectivity index (χ4v) is 2.80. The van der Waals surface area contributed by atoms with E-state index in [2.05, 4.69) is 39.6 Å². The van der Waals surface area contributed by atoms with Crippen LogP contribution in [-0.4, -0.2) is 19.1 Å². The van der Waals surface area contributed by atoms with Gasteiger partial charge in [0.25, 0.3) is 0 Å². The van der Waals surface area contributed by atoms with E-state index in [-0.39, 0.29) is 0 Å². The van der Waals surface area contributed by atoms with Crippen LogP contribution in [0.2, 0.25) is 5.02 Å². The van der Waals surface area contributed by atoms with Crippen molar-refractivity contribution < 1.29 is 0 Å². The lowest BCUT2D eigenvalue weighted by molar-refractivity contribution is 0.652. The van der Waals surface area contributed by atoms with E-state index in [1.165, 1.54) is 5.56 Å². The third-order valence-electron chi connectivity index (χ3n) is 3.20. The van der Waals surface area contributed by atoms with Crippen LogP contribution in [0.4, 0.5) is 5.69 Å². The Balaban J connectivity index is 2.16. The highest BCUT2D eigenvalue weighted by atomic mass is 35.5. The first-order valence-corrected chi connectivity index (χ1v) is 7.48. The molecule has 0 spiro atoms. The van der Waals surface area contributed by atoms with E-state index in [9.17, 15) is 0 Å². The highest BCUT2D eigenvalue weighted by Crippen LogP contribution is 2.29. The average Bonchev–Trinajstić information content (AvgIpc) is 2.90. The minimum absolute atomic E-state index is 0.301. The van der Waals surface area contributed by atoms with E-state index in [0.717, 1.165) is 22.9 Å². The zero-order valence-electron chi connectivity index (χ0n) is 11.4. The second-order valence-electron chi connectivity index (χ2n) is 4.56. The normalized spacial score (nSPS) is 12.4. The molecular weight excluding hydrogens is 278 g/mol. The Hall–Kier alpha value is -1.10. The summed E-state index contributed by atoms with van der Waals surface area (Å²) in [6.45, 7) is 2.88. The van der Waals surface area contributed by atoms with Crippen LogP contribution in [0.5, 0.6) is 0 Å². The highest BCUT2D eigenvalue weighted by Gasteiger charge is 2.10. The average molecular weight is 296 g/mol. The van der Waals surface area contributed by atoms with Gasteiger partial charge < -0.3 is 10.2 Å². The molecule has 2 rings (SSSR count). The SMILES string of the molecule is CNC(C)c1ccc(N(C)Cc2cscn2)c(Cl)c1. The van der Waals surface area contributed by atoms with Gasteiger partial charge in [-0.15, -0.1) is 11.3 Å². The molecule has 1 N–H and O–H groups in total. The lowest BCUT2D eigenvalue weighted by Gasteiger charge is -2.21. The maximum atomic E-state index is 6.38. The van der Waals surface area contributed by atoms with E-state index < -0.39 is 0 Å². The van der Waals surface area contributed by atoms with Crippen LogP contribution < -0.4 is 10.2 Å². The van der Waals surface area contributed by atoms with Crippen LogP contribution in [0.1, 0.15) is 24.2 Å². The summed E-state index contributed by atoms with van der Waals surface area (Å²) in [6, 6.07) is 6.50. The molecule has 0 aliphatic heterocycles. The smallest absolute Gasteiger partial charge is 0.0795 e. The second-order valence-corrected chi connectivity index (χ2v) is 5.68. The summed E-state index contributed by atoms with van der Waals surface area (Å²) < 4.78 is 0. The van der Waals surface area contributed by atoms with Gasteiger partial charge in [0, 0.05) is 18.5 Å². The molecule has 0 saturated heterocycles. The molecule has 0 radical (unpaired) electrons. The van der Waals surface area contributed by atoms with E-state index in [1.54, 1.807) is 11.3 Å². The number of hydrogen-bond donors (Lipinski definition) is 1. The van der Waals surface area contributed by atoms with Crippen LogP contribution in [0.3, 0.4) is 0 Å². The second kappa shape index (κ2) is 6.37. The molecule has 5 heteroatoms. The Bertz CT molecular complexity index is 527. The summed E-state index contributed by atoms with van der Waals surface area (Å²) in [7, 11) is 3.97.